The van der Waals surface area contributed by atoms with Crippen LogP contribution in [0.15, 0.2) is 36.2 Å². The van der Waals surface area contributed by atoms with Crippen LogP contribution >= 0.6 is 0 Å². The fourth-order valence-electron chi connectivity index (χ4n) is 1.82. The van der Waals surface area contributed by atoms with Crippen molar-refractivity contribution in [3.63, 3.8) is 0 Å². The molecule has 5 heteroatoms. The summed E-state index contributed by atoms with van der Waals surface area (Å²) < 4.78 is 13.4. The van der Waals surface area contributed by atoms with Gasteiger partial charge in [0.05, 0.1) is 17.7 Å². The highest BCUT2D eigenvalue weighted by Gasteiger charge is 2.35. The van der Waals surface area contributed by atoms with Crippen LogP contribution < -0.4 is 0 Å². The molecule has 0 radical (unpaired) electrons. The third-order valence-corrected chi connectivity index (χ3v) is 2.68. The number of hydrogen-bond donors (Lipinski definition) is 1. The number of benzene rings is 1. The topological polar surface area (TPSA) is 57.6 Å². The lowest BCUT2D eigenvalue weighted by Gasteiger charge is -2.11. The molecule has 1 aromatic carbocycles. The summed E-state index contributed by atoms with van der Waals surface area (Å²) in [6, 6.07) is 6.41. The Kier molecular flexibility index (Phi) is 3.53. The van der Waals surface area contributed by atoms with Gasteiger partial charge in [0.1, 0.15) is 5.83 Å². The summed E-state index contributed by atoms with van der Waals surface area (Å²) in [6.45, 7) is -0.554. The van der Waals surface area contributed by atoms with Gasteiger partial charge in [0.15, 0.2) is 0 Å². The zero-order valence-corrected chi connectivity index (χ0v) is 9.60. The number of carbonyl (C=O) groups is 2. The Morgan fingerprint density at radius 3 is 2.28 bits per heavy atom. The highest BCUT2D eigenvalue weighted by molar-refractivity contribution is 6.21. The van der Waals surface area contributed by atoms with Crippen molar-refractivity contribution >= 4 is 11.8 Å². The van der Waals surface area contributed by atoms with Crippen LogP contribution in [0.3, 0.4) is 0 Å². The van der Waals surface area contributed by atoms with Crippen LogP contribution in [0.4, 0.5) is 4.39 Å². The van der Waals surface area contributed by atoms with Gasteiger partial charge in [-0.05, 0) is 24.6 Å². The van der Waals surface area contributed by atoms with Crippen molar-refractivity contribution in [2.75, 3.05) is 13.2 Å². The van der Waals surface area contributed by atoms with E-state index in [9.17, 15) is 14.0 Å². The molecule has 1 aliphatic heterocycles. The second-order valence-corrected chi connectivity index (χ2v) is 3.91. The molecule has 1 aliphatic rings. The molecule has 1 heterocycles. The van der Waals surface area contributed by atoms with Crippen LogP contribution in [0, 0.1) is 0 Å². The predicted octanol–water partition coefficient (Wildman–Crippen LogP) is 1.52. The SMILES string of the molecule is O=C1c2ccccc2C(=O)N1CC(F)=CCCO. The molecule has 2 amide bonds. The molecule has 0 aliphatic carbocycles. The van der Waals surface area contributed by atoms with Crippen LogP contribution in [-0.2, 0) is 0 Å². The van der Waals surface area contributed by atoms with E-state index in [1.807, 2.05) is 0 Å². The van der Waals surface area contributed by atoms with E-state index in [0.717, 1.165) is 4.90 Å². The molecule has 0 saturated heterocycles. The minimum Gasteiger partial charge on any atom is -0.396 e. The first-order valence-corrected chi connectivity index (χ1v) is 5.55. The Hall–Kier alpha value is -2.01. The van der Waals surface area contributed by atoms with Gasteiger partial charge in [-0.25, -0.2) is 4.39 Å². The monoisotopic (exact) mass is 249 g/mol. The second kappa shape index (κ2) is 5.10. The van der Waals surface area contributed by atoms with Crippen molar-refractivity contribution in [1.82, 2.24) is 4.90 Å². The summed E-state index contributed by atoms with van der Waals surface area (Å²) in [7, 11) is 0. The normalized spacial score (nSPS) is 15.2. The summed E-state index contributed by atoms with van der Waals surface area (Å²) in [5, 5.41) is 8.56. The van der Waals surface area contributed by atoms with Gasteiger partial charge in [-0.15, -0.1) is 0 Å². The molecule has 0 fully saturated rings. The van der Waals surface area contributed by atoms with E-state index >= 15 is 0 Å². The lowest BCUT2D eigenvalue weighted by Crippen LogP contribution is -2.31. The zero-order valence-electron chi connectivity index (χ0n) is 9.60. The van der Waals surface area contributed by atoms with Gasteiger partial charge >= 0.3 is 0 Å². The van der Waals surface area contributed by atoms with Gasteiger partial charge in [-0.2, -0.15) is 0 Å². The lowest BCUT2D eigenvalue weighted by molar-refractivity contribution is 0.0660. The highest BCUT2D eigenvalue weighted by atomic mass is 19.1. The van der Waals surface area contributed by atoms with Crippen molar-refractivity contribution in [2.24, 2.45) is 0 Å². The summed E-state index contributed by atoms with van der Waals surface area (Å²) in [5.74, 6) is -1.56. The van der Waals surface area contributed by atoms with Crippen molar-refractivity contribution in [1.29, 1.82) is 0 Å². The van der Waals surface area contributed by atoms with Crippen LogP contribution in [0.5, 0.6) is 0 Å². The first-order valence-electron chi connectivity index (χ1n) is 5.55. The third kappa shape index (κ3) is 2.17. The maximum absolute atomic E-state index is 13.4. The molecule has 0 unspecified atom stereocenters. The van der Waals surface area contributed by atoms with Gasteiger partial charge in [-0.3, -0.25) is 14.5 Å². The van der Waals surface area contributed by atoms with Gasteiger partial charge in [0.25, 0.3) is 11.8 Å². The molecule has 94 valence electrons. The van der Waals surface area contributed by atoms with Gasteiger partial charge < -0.3 is 5.11 Å². The molecule has 0 saturated carbocycles. The minimum atomic E-state index is -0.599. The van der Waals surface area contributed by atoms with E-state index in [4.69, 9.17) is 5.11 Å². The maximum atomic E-state index is 13.4. The standard InChI is InChI=1S/C13H12FNO3/c14-9(4-3-7-16)8-15-12(17)10-5-1-2-6-11(10)13(15)18/h1-2,4-6,16H,3,7-8H2. The van der Waals surface area contributed by atoms with E-state index in [0.29, 0.717) is 11.1 Å². The minimum absolute atomic E-state index is 0.162. The van der Waals surface area contributed by atoms with Crippen molar-refractivity contribution in [2.45, 2.75) is 6.42 Å². The molecule has 1 N–H and O–H groups in total. The number of aliphatic hydroxyl groups excluding tert-OH is 1. The van der Waals surface area contributed by atoms with E-state index < -0.39 is 17.6 Å². The van der Waals surface area contributed by atoms with Gasteiger partial charge in [-0.1, -0.05) is 12.1 Å². The Morgan fingerprint density at radius 1 is 1.22 bits per heavy atom. The van der Waals surface area contributed by atoms with E-state index in [1.165, 1.54) is 6.08 Å². The lowest BCUT2D eigenvalue weighted by atomic mass is 10.1. The van der Waals surface area contributed by atoms with Crippen molar-refractivity contribution in [3.05, 3.63) is 47.3 Å². The zero-order chi connectivity index (χ0) is 13.1. The first kappa shape index (κ1) is 12.4. The molecule has 1 aromatic rings. The number of imide groups is 1. The molecular formula is C13H12FNO3. The Morgan fingerprint density at radius 2 is 1.78 bits per heavy atom. The van der Waals surface area contributed by atoms with Crippen LogP contribution in [0.1, 0.15) is 27.1 Å². The number of hydrogen-bond acceptors (Lipinski definition) is 3. The molecule has 0 bridgehead atoms. The van der Waals surface area contributed by atoms with E-state index in [2.05, 4.69) is 0 Å². The number of halogens is 1. The van der Waals surface area contributed by atoms with Crippen LogP contribution in [0.25, 0.3) is 0 Å². The Labute approximate surface area is 103 Å². The Balaban J connectivity index is 2.19. The molecule has 0 spiro atoms. The quantitative estimate of drug-likeness (QED) is 0.823. The summed E-state index contributed by atoms with van der Waals surface area (Å²) in [6.07, 6.45) is 1.33. The van der Waals surface area contributed by atoms with Crippen LogP contribution in [0.2, 0.25) is 0 Å². The smallest absolute Gasteiger partial charge is 0.261 e. The molecule has 18 heavy (non-hydrogen) atoms. The second-order valence-electron chi connectivity index (χ2n) is 3.91. The molecule has 4 nitrogen and oxygen atoms in total. The van der Waals surface area contributed by atoms with Crippen LogP contribution in [-0.4, -0.2) is 35.0 Å². The number of amides is 2. The van der Waals surface area contributed by atoms with E-state index in [1.54, 1.807) is 24.3 Å². The largest absolute Gasteiger partial charge is 0.396 e. The average molecular weight is 249 g/mol. The summed E-state index contributed by atoms with van der Waals surface area (Å²) in [4.78, 5) is 24.6. The predicted molar refractivity (Wildman–Crippen MR) is 62.7 cm³/mol. The fraction of sp³-hybridized carbons (Fsp3) is 0.231. The molecule has 2 rings (SSSR count). The van der Waals surface area contributed by atoms with Gasteiger partial charge in [0.2, 0.25) is 0 Å². The highest BCUT2D eigenvalue weighted by Crippen LogP contribution is 2.23. The Bertz CT molecular complexity index is 490. The number of carbonyl (C=O) groups excluding carboxylic acids is 2. The first-order chi connectivity index (χ1) is 8.65. The summed E-state index contributed by atoms with van der Waals surface area (Å²) >= 11 is 0. The number of rotatable bonds is 4. The number of fused-ring (bicyclic) bond motifs is 1. The number of nitrogens with zero attached hydrogens (tertiary/aromatic N) is 1. The van der Waals surface area contributed by atoms with Gasteiger partial charge in [0, 0.05) is 6.61 Å². The molecule has 0 aromatic heterocycles. The van der Waals surface area contributed by atoms with Crippen molar-refractivity contribution in [3.8, 4) is 0 Å². The molecule has 0 atom stereocenters. The fourth-order valence-corrected chi connectivity index (χ4v) is 1.82. The molecular weight excluding hydrogens is 237 g/mol. The number of aliphatic hydroxyl groups is 1. The summed E-state index contributed by atoms with van der Waals surface area (Å²) in [5.41, 5.74) is 0.606. The van der Waals surface area contributed by atoms with E-state index in [-0.39, 0.29) is 19.6 Å². The van der Waals surface area contributed by atoms with Crippen molar-refractivity contribution < 1.29 is 19.1 Å². The average Bonchev–Trinajstić information content (AvgIpc) is 2.62. The third-order valence-electron chi connectivity index (χ3n) is 2.68. The maximum Gasteiger partial charge on any atom is 0.261 e.